The lowest BCUT2D eigenvalue weighted by atomic mass is 9.90. The van der Waals surface area contributed by atoms with E-state index in [1.165, 1.54) is 39.5 Å². The molecule has 9 nitrogen and oxygen atoms in total. The molecule has 1 fully saturated rings. The summed E-state index contributed by atoms with van der Waals surface area (Å²) in [5.41, 5.74) is -1.09. The first-order chi connectivity index (χ1) is 19.0. The van der Waals surface area contributed by atoms with Crippen LogP contribution in [-0.4, -0.2) is 80.4 Å². The normalized spacial score (nSPS) is 19.5. The number of piperazine rings is 1. The molecule has 0 aromatic heterocycles. The average Bonchev–Trinajstić information content (AvgIpc) is 2.93. The first kappa shape index (κ1) is 29.6. The molecule has 1 saturated heterocycles. The summed E-state index contributed by atoms with van der Waals surface area (Å²) in [6, 6.07) is 10.8. The van der Waals surface area contributed by atoms with Crippen molar-refractivity contribution in [3.8, 4) is 0 Å². The Hall–Kier alpha value is -3.42. The van der Waals surface area contributed by atoms with Crippen LogP contribution in [0.1, 0.15) is 31.0 Å². The van der Waals surface area contributed by atoms with Crippen LogP contribution in [0.25, 0.3) is 0 Å². The molecule has 2 heterocycles. The highest BCUT2D eigenvalue weighted by Crippen LogP contribution is 2.39. The minimum atomic E-state index is -4.72. The van der Waals surface area contributed by atoms with Gasteiger partial charge in [0.2, 0.25) is 10.0 Å². The smallest absolute Gasteiger partial charge is 0.416 e. The van der Waals surface area contributed by atoms with E-state index in [2.05, 4.69) is 5.32 Å². The summed E-state index contributed by atoms with van der Waals surface area (Å²) in [7, 11) is -3.70. The van der Waals surface area contributed by atoms with Gasteiger partial charge < -0.3 is 10.1 Å². The van der Waals surface area contributed by atoms with Gasteiger partial charge in [-0.25, -0.2) is 18.0 Å². The number of nitrogens with zero attached hydrogens (tertiary/aromatic N) is 3. The molecule has 2 aliphatic heterocycles. The fraction of sp³-hybridized carbons (Fsp3) is 0.407. The highest BCUT2D eigenvalue weighted by atomic mass is 32.2. The topological polar surface area (TPSA) is 99.3 Å². The van der Waals surface area contributed by atoms with E-state index in [0.29, 0.717) is 0 Å². The molecule has 0 radical (unpaired) electrons. The number of hydrogen-bond donors (Lipinski definition) is 1. The van der Waals surface area contributed by atoms with Crippen LogP contribution in [0.15, 0.2) is 70.8 Å². The van der Waals surface area contributed by atoms with Gasteiger partial charge in [0, 0.05) is 45.0 Å². The van der Waals surface area contributed by atoms with Crippen molar-refractivity contribution >= 4 is 22.0 Å². The lowest BCUT2D eigenvalue weighted by molar-refractivity contribution is -0.141. The summed E-state index contributed by atoms with van der Waals surface area (Å²) < 4.78 is 74.5. The van der Waals surface area contributed by atoms with Crippen LogP contribution in [0.2, 0.25) is 0 Å². The Morgan fingerprint density at radius 3 is 2.23 bits per heavy atom. The van der Waals surface area contributed by atoms with Crippen molar-refractivity contribution < 1.29 is 35.9 Å². The molecular formula is C27H31F3N4O5S. The third-order valence-corrected chi connectivity index (χ3v) is 8.83. The van der Waals surface area contributed by atoms with Gasteiger partial charge in [0.25, 0.3) is 0 Å². The SMILES string of the molecule is CCOC(=O)C1=C(CN2CCN(S(=O)(=O)c3ccccc3)CC2)N(CC)C(=O)NC1c1ccccc1C(F)(F)F. The van der Waals surface area contributed by atoms with E-state index in [1.807, 2.05) is 4.90 Å². The number of carbonyl (C=O) groups excluding carboxylic acids is 2. The van der Waals surface area contributed by atoms with Crippen LogP contribution in [-0.2, 0) is 25.7 Å². The zero-order valence-electron chi connectivity index (χ0n) is 22.1. The fourth-order valence-corrected chi connectivity index (χ4v) is 6.42. The van der Waals surface area contributed by atoms with Crippen molar-refractivity contribution in [1.29, 1.82) is 0 Å². The van der Waals surface area contributed by atoms with Crippen molar-refractivity contribution in [2.75, 3.05) is 45.9 Å². The largest absolute Gasteiger partial charge is 0.463 e. The summed E-state index contributed by atoms with van der Waals surface area (Å²) in [5, 5.41) is 2.57. The van der Waals surface area contributed by atoms with Gasteiger partial charge in [0.05, 0.1) is 28.7 Å². The number of carbonyl (C=O) groups is 2. The third-order valence-electron chi connectivity index (χ3n) is 6.91. The molecule has 0 bridgehead atoms. The molecule has 0 saturated carbocycles. The maximum atomic E-state index is 13.9. The summed E-state index contributed by atoms with van der Waals surface area (Å²) >= 11 is 0. The van der Waals surface area contributed by atoms with Crippen molar-refractivity contribution in [2.24, 2.45) is 0 Å². The molecule has 2 aromatic carbocycles. The summed E-state index contributed by atoms with van der Waals surface area (Å²) in [6.45, 7) is 4.36. The van der Waals surface area contributed by atoms with E-state index in [0.717, 1.165) is 6.07 Å². The maximum Gasteiger partial charge on any atom is 0.416 e. The predicted octanol–water partition coefficient (Wildman–Crippen LogP) is 3.62. The third kappa shape index (κ3) is 6.01. The summed E-state index contributed by atoms with van der Waals surface area (Å²) in [6.07, 6.45) is -4.72. The molecule has 2 aliphatic rings. The number of rotatable bonds is 8. The van der Waals surface area contributed by atoms with Gasteiger partial charge in [-0.3, -0.25) is 9.80 Å². The maximum absolute atomic E-state index is 13.9. The van der Waals surface area contributed by atoms with Gasteiger partial charge in [0.1, 0.15) is 0 Å². The summed E-state index contributed by atoms with van der Waals surface area (Å²) in [4.78, 5) is 29.8. The molecule has 1 atom stereocenters. The number of esters is 1. The molecule has 216 valence electrons. The first-order valence-electron chi connectivity index (χ1n) is 12.9. The van der Waals surface area contributed by atoms with Gasteiger partial charge in [0.15, 0.2) is 0 Å². The van der Waals surface area contributed by atoms with Gasteiger partial charge in [-0.15, -0.1) is 0 Å². The Morgan fingerprint density at radius 2 is 1.62 bits per heavy atom. The Bertz CT molecular complexity index is 1370. The zero-order chi connectivity index (χ0) is 29.1. The minimum Gasteiger partial charge on any atom is -0.463 e. The van der Waals surface area contributed by atoms with Gasteiger partial charge in [-0.1, -0.05) is 36.4 Å². The molecule has 1 N–H and O–H groups in total. The Labute approximate surface area is 231 Å². The quantitative estimate of drug-likeness (QED) is 0.479. The van der Waals surface area contributed by atoms with Crippen LogP contribution in [0, 0.1) is 0 Å². The lowest BCUT2D eigenvalue weighted by Gasteiger charge is -2.40. The molecule has 13 heteroatoms. The average molecular weight is 581 g/mol. The van der Waals surface area contributed by atoms with Gasteiger partial charge >= 0.3 is 18.2 Å². The molecule has 2 amide bonds. The first-order valence-corrected chi connectivity index (χ1v) is 14.3. The molecule has 0 spiro atoms. The monoisotopic (exact) mass is 580 g/mol. The van der Waals surface area contributed by atoms with Crippen LogP contribution < -0.4 is 5.32 Å². The number of amides is 2. The Kier molecular flexibility index (Phi) is 8.86. The van der Waals surface area contributed by atoms with Crippen LogP contribution in [0.3, 0.4) is 0 Å². The van der Waals surface area contributed by atoms with Gasteiger partial charge in [-0.2, -0.15) is 17.5 Å². The standard InChI is InChI=1S/C27H31F3N4O5S/c1-3-34-22(18-32-14-16-33(17-15-32)40(37,38)19-10-6-5-7-11-19)23(25(35)39-4-2)24(31-26(34)36)20-12-8-9-13-21(20)27(28,29)30/h5-13,24H,3-4,14-18H2,1-2H3,(H,31,36). The second-order valence-electron chi connectivity index (χ2n) is 9.29. The van der Waals surface area contributed by atoms with Gasteiger partial charge in [-0.05, 0) is 37.6 Å². The zero-order valence-corrected chi connectivity index (χ0v) is 23.0. The van der Waals surface area contributed by atoms with Crippen molar-refractivity contribution in [1.82, 2.24) is 19.4 Å². The van der Waals surface area contributed by atoms with E-state index in [4.69, 9.17) is 4.74 Å². The van der Waals surface area contributed by atoms with E-state index >= 15 is 0 Å². The Morgan fingerprint density at radius 1 is 1.00 bits per heavy atom. The van der Waals surface area contributed by atoms with E-state index < -0.39 is 39.8 Å². The second-order valence-corrected chi connectivity index (χ2v) is 11.2. The molecular weight excluding hydrogens is 549 g/mol. The number of alkyl halides is 3. The molecule has 0 aliphatic carbocycles. The molecule has 4 rings (SSSR count). The van der Waals surface area contributed by atoms with E-state index in [1.54, 1.807) is 32.0 Å². The Balaban J connectivity index is 1.69. The lowest BCUT2D eigenvalue weighted by Crippen LogP contribution is -2.53. The number of benzene rings is 2. The van der Waals surface area contributed by atoms with Crippen molar-refractivity contribution in [3.63, 3.8) is 0 Å². The van der Waals surface area contributed by atoms with Crippen LogP contribution >= 0.6 is 0 Å². The molecule has 2 aromatic rings. The number of hydrogen-bond acceptors (Lipinski definition) is 6. The number of halogens is 3. The fourth-order valence-electron chi connectivity index (χ4n) is 4.98. The summed E-state index contributed by atoms with van der Waals surface area (Å²) in [5.74, 6) is -0.830. The second kappa shape index (κ2) is 12.0. The highest BCUT2D eigenvalue weighted by molar-refractivity contribution is 7.89. The van der Waals surface area contributed by atoms with E-state index in [9.17, 15) is 31.2 Å². The number of likely N-dealkylation sites (N-methyl/N-ethyl adjacent to an activating group) is 1. The van der Waals surface area contributed by atoms with E-state index in [-0.39, 0.29) is 67.6 Å². The highest BCUT2D eigenvalue weighted by Gasteiger charge is 2.43. The predicted molar refractivity (Wildman–Crippen MR) is 140 cm³/mol. The number of nitrogens with one attached hydrogen (secondary N) is 1. The van der Waals surface area contributed by atoms with Crippen molar-refractivity contribution in [3.05, 3.63) is 77.0 Å². The van der Waals surface area contributed by atoms with Crippen LogP contribution in [0.5, 0.6) is 0 Å². The van der Waals surface area contributed by atoms with Crippen molar-refractivity contribution in [2.45, 2.75) is 31.0 Å². The molecule has 40 heavy (non-hydrogen) atoms. The number of sulfonamides is 1. The van der Waals surface area contributed by atoms with Crippen LogP contribution in [0.4, 0.5) is 18.0 Å². The minimum absolute atomic E-state index is 0.0145. The number of ether oxygens (including phenoxy) is 1. The number of urea groups is 1. The molecule has 1 unspecified atom stereocenters.